The Morgan fingerprint density at radius 2 is 2.24 bits per heavy atom. The van der Waals surface area contributed by atoms with Crippen LogP contribution in [0.5, 0.6) is 0 Å². The van der Waals surface area contributed by atoms with Gasteiger partial charge in [0.15, 0.2) is 0 Å². The predicted molar refractivity (Wildman–Crippen MR) is 61.6 cm³/mol. The Labute approximate surface area is 99.9 Å². The lowest BCUT2D eigenvalue weighted by Crippen LogP contribution is -2.21. The van der Waals surface area contributed by atoms with Crippen molar-refractivity contribution < 1.29 is 14.3 Å². The van der Waals surface area contributed by atoms with E-state index >= 15 is 0 Å². The Hall–Kier alpha value is -1.85. The number of nitrogens with one attached hydrogen (secondary N) is 1. The molecule has 1 heterocycles. The minimum Gasteiger partial charge on any atom is -0.460 e. The average molecular weight is 239 g/mol. The normalized spacial score (nSPS) is 10.1. The smallest absolute Gasteiger partial charge is 0.356 e. The number of aryl methyl sites for hydroxylation is 2. The third-order valence-corrected chi connectivity index (χ3v) is 2.25. The van der Waals surface area contributed by atoms with Crippen LogP contribution in [-0.2, 0) is 16.1 Å². The van der Waals surface area contributed by atoms with Crippen molar-refractivity contribution in [3.8, 4) is 0 Å². The monoisotopic (exact) mass is 239 g/mol. The van der Waals surface area contributed by atoms with Crippen molar-refractivity contribution in [2.75, 3.05) is 13.7 Å². The fraction of sp³-hybridized carbons (Fsp3) is 0.545. The number of amides is 1. The standard InChI is InChI=1S/C11H17N3O3/c1-4-14-9(7-8(2)13-14)11(16)17-6-5-10(15)12-3/h7H,4-6H2,1-3H3,(H,12,15). The van der Waals surface area contributed by atoms with E-state index in [1.54, 1.807) is 17.8 Å². The molecule has 0 atom stereocenters. The summed E-state index contributed by atoms with van der Waals surface area (Å²) in [5.41, 5.74) is 1.19. The van der Waals surface area contributed by atoms with E-state index in [2.05, 4.69) is 10.4 Å². The number of esters is 1. The lowest BCUT2D eigenvalue weighted by atomic mass is 10.3. The Morgan fingerprint density at radius 3 is 2.82 bits per heavy atom. The average Bonchev–Trinajstić information content (AvgIpc) is 2.70. The van der Waals surface area contributed by atoms with Gasteiger partial charge in [-0.05, 0) is 19.9 Å². The topological polar surface area (TPSA) is 73.2 Å². The molecular formula is C11H17N3O3. The summed E-state index contributed by atoms with van der Waals surface area (Å²) in [4.78, 5) is 22.6. The first kappa shape index (κ1) is 13.2. The quantitative estimate of drug-likeness (QED) is 0.759. The molecule has 0 radical (unpaired) electrons. The molecule has 0 saturated carbocycles. The Bertz CT molecular complexity index is 412. The first-order valence-electron chi connectivity index (χ1n) is 5.50. The molecule has 6 nitrogen and oxygen atoms in total. The largest absolute Gasteiger partial charge is 0.460 e. The summed E-state index contributed by atoms with van der Waals surface area (Å²) >= 11 is 0. The number of ether oxygens (including phenoxy) is 1. The van der Waals surface area contributed by atoms with Crippen molar-refractivity contribution in [3.63, 3.8) is 0 Å². The highest BCUT2D eigenvalue weighted by atomic mass is 16.5. The molecule has 0 bridgehead atoms. The molecule has 0 unspecified atom stereocenters. The van der Waals surface area contributed by atoms with Gasteiger partial charge >= 0.3 is 5.97 Å². The number of hydrogen-bond donors (Lipinski definition) is 1. The second kappa shape index (κ2) is 6.03. The maximum Gasteiger partial charge on any atom is 0.356 e. The number of carbonyl (C=O) groups is 2. The van der Waals surface area contributed by atoms with Gasteiger partial charge in [0.2, 0.25) is 5.91 Å². The van der Waals surface area contributed by atoms with Crippen molar-refractivity contribution in [1.82, 2.24) is 15.1 Å². The summed E-state index contributed by atoms with van der Waals surface area (Å²) in [6.07, 6.45) is 0.168. The maximum atomic E-state index is 11.7. The van der Waals surface area contributed by atoms with Crippen LogP contribution in [0.15, 0.2) is 6.07 Å². The molecule has 17 heavy (non-hydrogen) atoms. The van der Waals surface area contributed by atoms with E-state index in [4.69, 9.17) is 4.74 Å². The highest BCUT2D eigenvalue weighted by Gasteiger charge is 2.14. The number of aromatic nitrogens is 2. The SMILES string of the molecule is CCn1nc(C)cc1C(=O)OCCC(=O)NC. The van der Waals surface area contributed by atoms with Crippen molar-refractivity contribution in [1.29, 1.82) is 0 Å². The van der Waals surface area contributed by atoms with Crippen LogP contribution in [0.3, 0.4) is 0 Å². The van der Waals surface area contributed by atoms with Crippen LogP contribution >= 0.6 is 0 Å². The number of rotatable bonds is 5. The van der Waals surface area contributed by atoms with E-state index in [1.807, 2.05) is 13.8 Å². The molecule has 1 N–H and O–H groups in total. The van der Waals surface area contributed by atoms with Gasteiger partial charge in [-0.15, -0.1) is 0 Å². The molecule has 0 fully saturated rings. The van der Waals surface area contributed by atoms with E-state index in [0.717, 1.165) is 5.69 Å². The molecule has 1 aromatic rings. The zero-order valence-corrected chi connectivity index (χ0v) is 10.3. The molecule has 1 amide bonds. The van der Waals surface area contributed by atoms with Gasteiger partial charge in [-0.1, -0.05) is 0 Å². The van der Waals surface area contributed by atoms with Crippen molar-refractivity contribution in [3.05, 3.63) is 17.5 Å². The molecule has 0 aliphatic carbocycles. The van der Waals surface area contributed by atoms with Gasteiger partial charge in [-0.25, -0.2) is 4.79 Å². The van der Waals surface area contributed by atoms with Gasteiger partial charge in [0.1, 0.15) is 12.3 Å². The zero-order valence-electron chi connectivity index (χ0n) is 10.3. The van der Waals surface area contributed by atoms with Gasteiger partial charge < -0.3 is 10.1 Å². The van der Waals surface area contributed by atoms with Crippen LogP contribution in [0.25, 0.3) is 0 Å². The number of nitrogens with zero attached hydrogens (tertiary/aromatic N) is 2. The molecule has 94 valence electrons. The summed E-state index contributed by atoms with van der Waals surface area (Å²) < 4.78 is 6.58. The van der Waals surface area contributed by atoms with Crippen LogP contribution in [0.1, 0.15) is 29.5 Å². The summed E-state index contributed by atoms with van der Waals surface area (Å²) in [7, 11) is 1.54. The van der Waals surface area contributed by atoms with Gasteiger partial charge in [-0.2, -0.15) is 5.10 Å². The van der Waals surface area contributed by atoms with Gasteiger partial charge in [0.05, 0.1) is 12.1 Å². The lowest BCUT2D eigenvalue weighted by molar-refractivity contribution is -0.121. The van der Waals surface area contributed by atoms with Crippen molar-refractivity contribution >= 4 is 11.9 Å². The Balaban J connectivity index is 2.54. The molecule has 0 aromatic carbocycles. The fourth-order valence-corrected chi connectivity index (χ4v) is 1.39. The zero-order chi connectivity index (χ0) is 12.8. The Morgan fingerprint density at radius 1 is 1.53 bits per heavy atom. The van der Waals surface area contributed by atoms with Gasteiger partial charge in [0.25, 0.3) is 0 Å². The van der Waals surface area contributed by atoms with Crippen molar-refractivity contribution in [2.24, 2.45) is 0 Å². The summed E-state index contributed by atoms with van der Waals surface area (Å²) in [6, 6.07) is 1.67. The minimum absolute atomic E-state index is 0.0758. The lowest BCUT2D eigenvalue weighted by Gasteiger charge is -2.05. The summed E-state index contributed by atoms with van der Waals surface area (Å²) in [6.45, 7) is 4.39. The van der Waals surface area contributed by atoms with E-state index in [9.17, 15) is 9.59 Å². The summed E-state index contributed by atoms with van der Waals surface area (Å²) in [5.74, 6) is -0.602. The summed E-state index contributed by atoms with van der Waals surface area (Å²) in [5, 5.41) is 6.60. The molecule has 0 saturated heterocycles. The maximum absolute atomic E-state index is 11.7. The first-order valence-corrected chi connectivity index (χ1v) is 5.50. The van der Waals surface area contributed by atoms with Crippen LogP contribution in [0.2, 0.25) is 0 Å². The van der Waals surface area contributed by atoms with Gasteiger partial charge in [0, 0.05) is 13.6 Å². The highest BCUT2D eigenvalue weighted by molar-refractivity contribution is 5.88. The van der Waals surface area contributed by atoms with Crippen LogP contribution < -0.4 is 5.32 Å². The van der Waals surface area contributed by atoms with E-state index in [0.29, 0.717) is 12.2 Å². The molecule has 0 aliphatic rings. The second-order valence-corrected chi connectivity index (χ2v) is 3.55. The van der Waals surface area contributed by atoms with E-state index in [1.165, 1.54) is 0 Å². The third-order valence-electron chi connectivity index (χ3n) is 2.25. The van der Waals surface area contributed by atoms with Gasteiger partial charge in [-0.3, -0.25) is 9.48 Å². The molecule has 1 aromatic heterocycles. The molecular weight excluding hydrogens is 222 g/mol. The predicted octanol–water partition coefficient (Wildman–Crippen LogP) is 0.504. The van der Waals surface area contributed by atoms with E-state index < -0.39 is 5.97 Å². The highest BCUT2D eigenvalue weighted by Crippen LogP contribution is 2.05. The van der Waals surface area contributed by atoms with Crippen LogP contribution in [0, 0.1) is 6.92 Å². The first-order chi connectivity index (χ1) is 8.08. The second-order valence-electron chi connectivity index (χ2n) is 3.55. The molecule has 1 rings (SSSR count). The minimum atomic E-state index is -0.448. The van der Waals surface area contributed by atoms with Crippen LogP contribution in [0.4, 0.5) is 0 Å². The molecule has 6 heteroatoms. The van der Waals surface area contributed by atoms with Crippen LogP contribution in [-0.4, -0.2) is 35.3 Å². The Kier molecular flexibility index (Phi) is 4.68. The van der Waals surface area contributed by atoms with Crippen molar-refractivity contribution in [2.45, 2.75) is 26.8 Å². The van der Waals surface area contributed by atoms with E-state index in [-0.39, 0.29) is 18.9 Å². The number of carbonyl (C=O) groups excluding carboxylic acids is 2. The number of hydrogen-bond acceptors (Lipinski definition) is 4. The molecule has 0 spiro atoms. The fourth-order valence-electron chi connectivity index (χ4n) is 1.39. The third kappa shape index (κ3) is 3.58. The molecule has 0 aliphatic heterocycles.